The number of nitrogens with zero attached hydrogens (tertiary/aromatic N) is 1. The molecule has 4 rings (SSSR count). The van der Waals surface area contributed by atoms with Crippen molar-refractivity contribution in [3.8, 4) is 17.2 Å². The molecule has 5 nitrogen and oxygen atoms in total. The van der Waals surface area contributed by atoms with E-state index >= 15 is 0 Å². The van der Waals surface area contributed by atoms with Crippen molar-refractivity contribution in [2.45, 2.75) is 13.3 Å². The number of aromatic hydroxyl groups is 1. The van der Waals surface area contributed by atoms with Crippen molar-refractivity contribution in [1.29, 1.82) is 0 Å². The molecular formula is C22H18N2O3. The maximum Gasteiger partial charge on any atom is 0.230 e. The van der Waals surface area contributed by atoms with Crippen LogP contribution in [0.1, 0.15) is 11.5 Å². The summed E-state index contributed by atoms with van der Waals surface area (Å²) in [6.45, 7) is 1.80. The molecule has 0 aliphatic rings. The summed E-state index contributed by atoms with van der Waals surface area (Å²) in [4.78, 5) is 17.0. The number of hydrogen-bond donors (Lipinski definition) is 2. The number of phenolic OH excluding ortho intramolecular Hbond substituents is 1. The Morgan fingerprint density at radius 3 is 2.48 bits per heavy atom. The summed E-state index contributed by atoms with van der Waals surface area (Å²) >= 11 is 0. The van der Waals surface area contributed by atoms with Gasteiger partial charge in [-0.2, -0.15) is 0 Å². The van der Waals surface area contributed by atoms with Crippen LogP contribution in [0.5, 0.6) is 5.75 Å². The first kappa shape index (κ1) is 16.8. The first-order chi connectivity index (χ1) is 13.1. The van der Waals surface area contributed by atoms with Crippen LogP contribution in [0.4, 0.5) is 5.69 Å². The van der Waals surface area contributed by atoms with E-state index in [1.807, 2.05) is 54.6 Å². The van der Waals surface area contributed by atoms with Crippen molar-refractivity contribution in [2.24, 2.45) is 0 Å². The minimum absolute atomic E-state index is 0.109. The Bertz CT molecular complexity index is 1120. The van der Waals surface area contributed by atoms with E-state index in [-0.39, 0.29) is 18.1 Å². The maximum absolute atomic E-state index is 12.6. The predicted octanol–water partition coefficient (Wildman–Crippen LogP) is 4.69. The van der Waals surface area contributed by atoms with E-state index in [1.54, 1.807) is 19.1 Å². The second-order valence-corrected chi connectivity index (χ2v) is 6.29. The Labute approximate surface area is 156 Å². The Hall–Kier alpha value is -3.60. The number of carbonyl (C=O) groups excluding carboxylic acids is 1. The molecule has 4 aromatic rings. The lowest BCUT2D eigenvalue weighted by atomic mass is 10.1. The van der Waals surface area contributed by atoms with Crippen LogP contribution < -0.4 is 5.32 Å². The lowest BCUT2D eigenvalue weighted by molar-refractivity contribution is -0.115. The van der Waals surface area contributed by atoms with Gasteiger partial charge in [-0.1, -0.05) is 42.5 Å². The van der Waals surface area contributed by atoms with E-state index < -0.39 is 0 Å². The maximum atomic E-state index is 12.6. The molecule has 5 heteroatoms. The SMILES string of the molecule is Cc1oc(-c2ccccc2)nc1CC(=O)Nc1ccc(O)c2ccccc12. The number of aryl methyl sites for hydroxylation is 1. The number of phenols is 1. The predicted molar refractivity (Wildman–Crippen MR) is 105 cm³/mol. The number of nitrogens with one attached hydrogen (secondary N) is 1. The van der Waals surface area contributed by atoms with Gasteiger partial charge in [0.25, 0.3) is 0 Å². The fourth-order valence-corrected chi connectivity index (χ4v) is 3.03. The highest BCUT2D eigenvalue weighted by Crippen LogP contribution is 2.30. The molecule has 0 unspecified atom stereocenters. The van der Waals surface area contributed by atoms with Gasteiger partial charge in [-0.15, -0.1) is 0 Å². The molecule has 1 amide bonds. The summed E-state index contributed by atoms with van der Waals surface area (Å²) in [5.74, 6) is 1.12. The number of aromatic nitrogens is 1. The van der Waals surface area contributed by atoms with Crippen LogP contribution >= 0.6 is 0 Å². The molecule has 2 N–H and O–H groups in total. The van der Waals surface area contributed by atoms with E-state index in [4.69, 9.17) is 4.42 Å². The molecule has 3 aromatic carbocycles. The normalized spacial score (nSPS) is 10.9. The summed E-state index contributed by atoms with van der Waals surface area (Å²) in [6, 6.07) is 20.2. The summed E-state index contributed by atoms with van der Waals surface area (Å²) in [5.41, 5.74) is 2.13. The van der Waals surface area contributed by atoms with Gasteiger partial charge >= 0.3 is 0 Å². The Kier molecular flexibility index (Phi) is 4.34. The van der Waals surface area contributed by atoms with Gasteiger partial charge in [0, 0.05) is 22.0 Å². The third kappa shape index (κ3) is 3.40. The molecule has 0 saturated heterocycles. The summed E-state index contributed by atoms with van der Waals surface area (Å²) < 4.78 is 5.71. The van der Waals surface area contributed by atoms with Crippen molar-refractivity contribution in [2.75, 3.05) is 5.32 Å². The van der Waals surface area contributed by atoms with Crippen molar-refractivity contribution >= 4 is 22.4 Å². The molecular weight excluding hydrogens is 340 g/mol. The monoisotopic (exact) mass is 358 g/mol. The van der Waals surface area contributed by atoms with Gasteiger partial charge in [-0.25, -0.2) is 4.98 Å². The van der Waals surface area contributed by atoms with E-state index in [0.29, 0.717) is 28.4 Å². The van der Waals surface area contributed by atoms with Crippen LogP contribution in [0.15, 0.2) is 71.1 Å². The molecule has 0 saturated carbocycles. The van der Waals surface area contributed by atoms with E-state index in [2.05, 4.69) is 10.3 Å². The molecule has 27 heavy (non-hydrogen) atoms. The standard InChI is InChI=1S/C22H18N2O3/c1-14-19(24-22(27-14)15-7-3-2-4-8-15)13-21(26)23-18-11-12-20(25)17-10-6-5-9-16(17)18/h2-12,25H,13H2,1H3,(H,23,26). The minimum atomic E-state index is -0.193. The van der Waals surface area contributed by atoms with E-state index in [9.17, 15) is 9.90 Å². The average molecular weight is 358 g/mol. The van der Waals surface area contributed by atoms with Gasteiger partial charge in [0.2, 0.25) is 11.8 Å². The number of fused-ring (bicyclic) bond motifs is 1. The third-order valence-electron chi connectivity index (χ3n) is 4.42. The van der Waals surface area contributed by atoms with Crippen LogP contribution in [0, 0.1) is 6.92 Å². The number of carbonyl (C=O) groups is 1. The van der Waals surface area contributed by atoms with Crippen LogP contribution in [-0.4, -0.2) is 16.0 Å². The van der Waals surface area contributed by atoms with E-state index in [1.165, 1.54) is 0 Å². The molecule has 0 aliphatic heterocycles. The second-order valence-electron chi connectivity index (χ2n) is 6.29. The van der Waals surface area contributed by atoms with Gasteiger partial charge in [0.15, 0.2) is 0 Å². The molecule has 0 radical (unpaired) electrons. The molecule has 0 spiro atoms. The van der Waals surface area contributed by atoms with Crippen molar-refractivity contribution < 1.29 is 14.3 Å². The van der Waals surface area contributed by atoms with Gasteiger partial charge in [0.1, 0.15) is 11.5 Å². The van der Waals surface area contributed by atoms with Crippen LogP contribution in [0.2, 0.25) is 0 Å². The Morgan fingerprint density at radius 2 is 1.70 bits per heavy atom. The first-order valence-electron chi connectivity index (χ1n) is 8.64. The Balaban J connectivity index is 1.56. The number of oxazole rings is 1. The lowest BCUT2D eigenvalue weighted by Gasteiger charge is -2.09. The molecule has 1 heterocycles. The number of rotatable bonds is 4. The van der Waals surface area contributed by atoms with Crippen LogP contribution in [0.25, 0.3) is 22.2 Å². The number of anilines is 1. The molecule has 0 bridgehead atoms. The summed E-state index contributed by atoms with van der Waals surface area (Å²) in [7, 11) is 0. The van der Waals surface area contributed by atoms with Crippen molar-refractivity contribution in [1.82, 2.24) is 4.98 Å². The fraction of sp³-hybridized carbons (Fsp3) is 0.0909. The fourth-order valence-electron chi connectivity index (χ4n) is 3.03. The smallest absolute Gasteiger partial charge is 0.230 e. The highest BCUT2D eigenvalue weighted by Gasteiger charge is 2.15. The zero-order valence-corrected chi connectivity index (χ0v) is 14.8. The summed E-state index contributed by atoms with van der Waals surface area (Å²) in [6.07, 6.45) is 0.109. The Morgan fingerprint density at radius 1 is 1.00 bits per heavy atom. The number of benzene rings is 3. The van der Waals surface area contributed by atoms with Crippen molar-refractivity contribution in [3.05, 3.63) is 78.2 Å². The first-order valence-corrected chi connectivity index (χ1v) is 8.64. The van der Waals surface area contributed by atoms with Crippen LogP contribution in [-0.2, 0) is 11.2 Å². The zero-order chi connectivity index (χ0) is 18.8. The highest BCUT2D eigenvalue weighted by molar-refractivity contribution is 6.04. The van der Waals surface area contributed by atoms with Gasteiger partial charge in [-0.05, 0) is 31.2 Å². The van der Waals surface area contributed by atoms with Gasteiger partial charge in [-0.3, -0.25) is 4.79 Å². The number of hydrogen-bond acceptors (Lipinski definition) is 4. The molecule has 1 aromatic heterocycles. The molecule has 0 fully saturated rings. The lowest BCUT2D eigenvalue weighted by Crippen LogP contribution is -2.15. The average Bonchev–Trinajstić information content (AvgIpc) is 3.05. The van der Waals surface area contributed by atoms with Gasteiger partial charge < -0.3 is 14.8 Å². The zero-order valence-electron chi connectivity index (χ0n) is 14.8. The molecule has 0 aliphatic carbocycles. The largest absolute Gasteiger partial charge is 0.507 e. The quantitative estimate of drug-likeness (QED) is 0.519. The number of amides is 1. The van der Waals surface area contributed by atoms with Gasteiger partial charge in [0.05, 0.1) is 12.1 Å². The third-order valence-corrected chi connectivity index (χ3v) is 4.42. The highest BCUT2D eigenvalue weighted by atomic mass is 16.4. The van der Waals surface area contributed by atoms with E-state index in [0.717, 1.165) is 10.9 Å². The van der Waals surface area contributed by atoms with Crippen molar-refractivity contribution in [3.63, 3.8) is 0 Å². The topological polar surface area (TPSA) is 75.4 Å². The minimum Gasteiger partial charge on any atom is -0.507 e. The van der Waals surface area contributed by atoms with Crippen LogP contribution in [0.3, 0.4) is 0 Å². The second kappa shape index (κ2) is 6.96. The molecule has 0 atom stereocenters. The summed E-state index contributed by atoms with van der Waals surface area (Å²) in [5, 5.41) is 14.4. The molecule has 134 valence electrons.